The van der Waals surface area contributed by atoms with E-state index < -0.39 is 0 Å². The van der Waals surface area contributed by atoms with Crippen molar-refractivity contribution in [3.05, 3.63) is 6.92 Å². The van der Waals surface area contributed by atoms with Crippen LogP contribution in [-0.2, 0) is 4.74 Å². The van der Waals surface area contributed by atoms with Crippen LogP contribution < -0.4 is 18.9 Å². The van der Waals surface area contributed by atoms with Gasteiger partial charge in [-0.3, -0.25) is 0 Å². The third-order valence-electron chi connectivity index (χ3n) is 3.28. The molecule has 0 bridgehead atoms. The average Bonchev–Trinajstić information content (AvgIpc) is 2.36. The Labute approximate surface area is 87.4 Å². The van der Waals surface area contributed by atoms with E-state index in [0.717, 1.165) is 6.61 Å². The first-order valence-corrected chi connectivity index (χ1v) is 4.81. The van der Waals surface area contributed by atoms with Crippen molar-refractivity contribution in [3.8, 4) is 0 Å². The van der Waals surface area contributed by atoms with E-state index in [4.69, 9.17) is 4.74 Å². The maximum Gasteiger partial charge on any atom is 1.00 e. The van der Waals surface area contributed by atoms with Crippen LogP contribution in [0.1, 0.15) is 38.5 Å². The summed E-state index contributed by atoms with van der Waals surface area (Å²) in [6, 6.07) is 0. The van der Waals surface area contributed by atoms with E-state index in [1.165, 1.54) is 38.5 Å². The third-order valence-corrected chi connectivity index (χ3v) is 3.28. The molecular formula is C10H17LiO. The van der Waals surface area contributed by atoms with E-state index in [-0.39, 0.29) is 24.5 Å². The molecule has 1 heterocycles. The molecule has 0 aromatic carbocycles. The molecule has 1 nitrogen and oxygen atoms in total. The maximum atomic E-state index is 5.88. The van der Waals surface area contributed by atoms with Gasteiger partial charge in [-0.15, -0.1) is 5.92 Å². The van der Waals surface area contributed by atoms with Crippen molar-refractivity contribution in [1.29, 1.82) is 0 Å². The van der Waals surface area contributed by atoms with E-state index in [9.17, 15) is 0 Å². The van der Waals surface area contributed by atoms with Gasteiger partial charge in [0.05, 0.1) is 0 Å². The van der Waals surface area contributed by atoms with E-state index in [2.05, 4.69) is 6.92 Å². The summed E-state index contributed by atoms with van der Waals surface area (Å²) in [6.07, 6.45) is 7.75. The molecule has 1 saturated heterocycles. The van der Waals surface area contributed by atoms with Crippen LogP contribution in [0, 0.1) is 12.8 Å². The smallest absolute Gasteiger partial charge is 0.377 e. The van der Waals surface area contributed by atoms with Crippen molar-refractivity contribution in [1.82, 2.24) is 0 Å². The monoisotopic (exact) mass is 160 g/mol. The first-order valence-electron chi connectivity index (χ1n) is 4.81. The van der Waals surface area contributed by atoms with Crippen LogP contribution in [0.5, 0.6) is 0 Å². The van der Waals surface area contributed by atoms with Gasteiger partial charge in [0.25, 0.3) is 0 Å². The van der Waals surface area contributed by atoms with Crippen molar-refractivity contribution < 1.29 is 23.6 Å². The Morgan fingerprint density at radius 1 is 1.17 bits per heavy atom. The molecule has 0 aromatic rings. The van der Waals surface area contributed by atoms with Crippen LogP contribution in [0.15, 0.2) is 0 Å². The van der Waals surface area contributed by atoms with Gasteiger partial charge in [0.15, 0.2) is 0 Å². The molecule has 2 atom stereocenters. The fraction of sp³-hybridized carbons (Fsp3) is 0.900. The number of hydrogen-bond acceptors (Lipinski definition) is 1. The fourth-order valence-corrected chi connectivity index (χ4v) is 2.51. The zero-order valence-corrected chi connectivity index (χ0v) is 8.14. The molecule has 2 heteroatoms. The zero-order chi connectivity index (χ0) is 7.73. The van der Waals surface area contributed by atoms with Gasteiger partial charge in [0.2, 0.25) is 0 Å². The molecule has 0 amide bonds. The topological polar surface area (TPSA) is 9.23 Å². The summed E-state index contributed by atoms with van der Waals surface area (Å²) < 4.78 is 5.88. The predicted octanol–water partition coefficient (Wildman–Crippen LogP) is -0.436. The van der Waals surface area contributed by atoms with Gasteiger partial charge >= 0.3 is 18.9 Å². The fourth-order valence-electron chi connectivity index (χ4n) is 2.51. The Bertz CT molecular complexity index is 141. The van der Waals surface area contributed by atoms with Gasteiger partial charge in [-0.2, -0.15) is 0 Å². The van der Waals surface area contributed by atoms with Crippen LogP contribution in [-0.4, -0.2) is 12.2 Å². The molecular weight excluding hydrogens is 143 g/mol. The average molecular weight is 160 g/mol. The summed E-state index contributed by atoms with van der Waals surface area (Å²) in [4.78, 5) is 0. The first-order chi connectivity index (χ1) is 5.33. The molecule has 1 aliphatic carbocycles. The SMILES string of the molecule is [CH2-][C@H]1CCC[C@]12CCCCO2.[Li+]. The van der Waals surface area contributed by atoms with Crippen molar-refractivity contribution in [2.75, 3.05) is 6.61 Å². The van der Waals surface area contributed by atoms with E-state index in [1.807, 2.05) is 0 Å². The molecule has 1 aliphatic heterocycles. The largest absolute Gasteiger partial charge is 1.00 e. The standard InChI is InChI=1S/C10H17O.Li/c1-9-5-4-7-10(9)6-2-3-8-11-10;/h9H,1-8H2;/q-1;+1/t9-,10+;/m0./s1. The van der Waals surface area contributed by atoms with Gasteiger partial charge in [0.1, 0.15) is 0 Å². The summed E-state index contributed by atoms with van der Waals surface area (Å²) in [5.41, 5.74) is 0.220. The van der Waals surface area contributed by atoms with Gasteiger partial charge < -0.3 is 11.7 Å². The van der Waals surface area contributed by atoms with Crippen LogP contribution in [0.25, 0.3) is 0 Å². The van der Waals surface area contributed by atoms with Crippen molar-refractivity contribution >= 4 is 0 Å². The molecule has 2 rings (SSSR count). The quantitative estimate of drug-likeness (QED) is 0.345. The van der Waals surface area contributed by atoms with Crippen molar-refractivity contribution in [2.45, 2.75) is 44.1 Å². The molecule has 0 N–H and O–H groups in total. The Balaban J connectivity index is 0.000000720. The Morgan fingerprint density at radius 3 is 2.42 bits per heavy atom. The summed E-state index contributed by atoms with van der Waals surface area (Å²) in [7, 11) is 0. The van der Waals surface area contributed by atoms with Gasteiger partial charge in [0, 0.05) is 12.2 Å². The molecule has 12 heavy (non-hydrogen) atoms. The number of hydrogen-bond donors (Lipinski definition) is 0. The van der Waals surface area contributed by atoms with Crippen LogP contribution in [0.2, 0.25) is 0 Å². The minimum atomic E-state index is 0. The molecule has 1 spiro atoms. The second kappa shape index (κ2) is 4.18. The van der Waals surface area contributed by atoms with Crippen molar-refractivity contribution in [2.24, 2.45) is 5.92 Å². The number of rotatable bonds is 0. The van der Waals surface area contributed by atoms with Crippen molar-refractivity contribution in [3.63, 3.8) is 0 Å². The summed E-state index contributed by atoms with van der Waals surface area (Å²) in [5, 5.41) is 0. The molecule has 64 valence electrons. The van der Waals surface area contributed by atoms with Crippen LogP contribution >= 0.6 is 0 Å². The Kier molecular flexibility index (Phi) is 3.70. The Hall–Kier alpha value is 0.557. The molecule has 0 aromatic heterocycles. The summed E-state index contributed by atoms with van der Waals surface area (Å²) in [5.74, 6) is 0.572. The number of ether oxygens (including phenoxy) is 1. The predicted molar refractivity (Wildman–Crippen MR) is 45.2 cm³/mol. The molecule has 2 fully saturated rings. The second-order valence-corrected chi connectivity index (χ2v) is 3.96. The minimum Gasteiger partial charge on any atom is -0.377 e. The first kappa shape index (κ1) is 10.6. The molecule has 0 unspecified atom stereocenters. The van der Waals surface area contributed by atoms with Crippen LogP contribution in [0.3, 0.4) is 0 Å². The normalized spacial score (nSPS) is 41.2. The summed E-state index contributed by atoms with van der Waals surface area (Å²) >= 11 is 0. The van der Waals surface area contributed by atoms with E-state index in [0.29, 0.717) is 5.92 Å². The van der Waals surface area contributed by atoms with Gasteiger partial charge in [-0.1, -0.05) is 12.8 Å². The molecule has 1 saturated carbocycles. The van der Waals surface area contributed by atoms with E-state index in [1.54, 1.807) is 0 Å². The van der Waals surface area contributed by atoms with E-state index >= 15 is 0 Å². The third kappa shape index (κ3) is 1.74. The Morgan fingerprint density at radius 2 is 1.92 bits per heavy atom. The molecule has 0 radical (unpaired) electrons. The molecule has 2 aliphatic rings. The summed E-state index contributed by atoms with van der Waals surface area (Å²) in [6.45, 7) is 5.17. The van der Waals surface area contributed by atoms with Gasteiger partial charge in [-0.05, 0) is 25.7 Å². The van der Waals surface area contributed by atoms with Crippen LogP contribution in [0.4, 0.5) is 0 Å². The van der Waals surface area contributed by atoms with Gasteiger partial charge in [-0.25, -0.2) is 0 Å². The maximum absolute atomic E-state index is 5.88. The zero-order valence-electron chi connectivity index (χ0n) is 8.14. The minimum absolute atomic E-state index is 0. The second-order valence-electron chi connectivity index (χ2n) is 3.96.